The molecule has 1 aliphatic heterocycles. The Bertz CT molecular complexity index is 320. The molecule has 1 heterocycles. The normalized spacial score (nSPS) is 37.9. The number of rotatable bonds is 6. The first-order valence-corrected chi connectivity index (χ1v) is 9.92. The molecule has 0 aromatic carbocycles. The summed E-state index contributed by atoms with van der Waals surface area (Å²) in [6.07, 6.45) is 7.10. The van der Waals surface area contributed by atoms with E-state index in [4.69, 9.17) is 4.74 Å². The van der Waals surface area contributed by atoms with Crippen LogP contribution < -0.4 is 5.32 Å². The SMILES string of the molecule is CCNC1CCC(C(C)(C)CC)CC1SC1CCOC1C. The van der Waals surface area contributed by atoms with Crippen LogP contribution in [0.5, 0.6) is 0 Å². The molecule has 5 atom stereocenters. The van der Waals surface area contributed by atoms with Crippen molar-refractivity contribution in [2.24, 2.45) is 11.3 Å². The summed E-state index contributed by atoms with van der Waals surface area (Å²) < 4.78 is 5.78. The number of hydrogen-bond acceptors (Lipinski definition) is 3. The standard InChI is InChI=1S/C18H35NOS/c1-6-18(4,5)14-8-9-15(19-7-2)17(12-14)21-16-10-11-20-13(16)3/h13-17,19H,6-12H2,1-5H3. The minimum atomic E-state index is 0.442. The highest BCUT2D eigenvalue weighted by atomic mass is 32.2. The molecular weight excluding hydrogens is 278 g/mol. The molecule has 2 rings (SSSR count). The molecule has 0 aromatic rings. The first-order chi connectivity index (χ1) is 9.97. The molecule has 0 spiro atoms. The summed E-state index contributed by atoms with van der Waals surface area (Å²) in [5, 5.41) is 5.23. The Morgan fingerprint density at radius 1 is 1.14 bits per heavy atom. The second-order valence-corrected chi connectivity index (χ2v) is 9.08. The molecule has 0 radical (unpaired) electrons. The Hall–Kier alpha value is 0.270. The quantitative estimate of drug-likeness (QED) is 0.781. The molecule has 2 nitrogen and oxygen atoms in total. The zero-order chi connectivity index (χ0) is 15.5. The van der Waals surface area contributed by atoms with Crippen molar-refractivity contribution in [1.82, 2.24) is 5.32 Å². The molecule has 0 amide bonds. The minimum absolute atomic E-state index is 0.442. The van der Waals surface area contributed by atoms with E-state index in [0.717, 1.165) is 24.3 Å². The van der Waals surface area contributed by atoms with Gasteiger partial charge < -0.3 is 10.1 Å². The highest BCUT2D eigenvalue weighted by Crippen LogP contribution is 2.45. The lowest BCUT2D eigenvalue weighted by Gasteiger charge is -2.44. The zero-order valence-electron chi connectivity index (χ0n) is 14.7. The number of ether oxygens (including phenoxy) is 1. The van der Waals surface area contributed by atoms with Crippen molar-refractivity contribution in [3.8, 4) is 0 Å². The van der Waals surface area contributed by atoms with Crippen LogP contribution in [0, 0.1) is 11.3 Å². The van der Waals surface area contributed by atoms with Gasteiger partial charge in [-0.3, -0.25) is 0 Å². The van der Waals surface area contributed by atoms with Crippen molar-refractivity contribution in [3.05, 3.63) is 0 Å². The molecule has 2 fully saturated rings. The number of hydrogen-bond donors (Lipinski definition) is 1. The molecule has 0 bridgehead atoms. The second kappa shape index (κ2) is 7.70. The molecule has 124 valence electrons. The summed E-state index contributed by atoms with van der Waals surface area (Å²) in [6.45, 7) is 13.8. The minimum Gasteiger partial charge on any atom is -0.377 e. The van der Waals surface area contributed by atoms with Gasteiger partial charge in [0, 0.05) is 23.1 Å². The molecule has 3 heteroatoms. The van der Waals surface area contributed by atoms with Crippen LogP contribution in [-0.4, -0.2) is 35.8 Å². The van der Waals surface area contributed by atoms with Crippen LogP contribution in [0.15, 0.2) is 0 Å². The Balaban J connectivity index is 2.00. The molecule has 0 aromatic heterocycles. The van der Waals surface area contributed by atoms with E-state index in [9.17, 15) is 0 Å². The molecule has 5 unspecified atom stereocenters. The molecule has 1 N–H and O–H groups in total. The van der Waals surface area contributed by atoms with E-state index >= 15 is 0 Å². The third-order valence-electron chi connectivity index (χ3n) is 5.93. The van der Waals surface area contributed by atoms with Gasteiger partial charge in [-0.1, -0.05) is 34.1 Å². The predicted octanol–water partition coefficient (Wildman–Crippen LogP) is 4.48. The smallest absolute Gasteiger partial charge is 0.0666 e. The van der Waals surface area contributed by atoms with Gasteiger partial charge in [-0.2, -0.15) is 11.8 Å². The highest BCUT2D eigenvalue weighted by Gasteiger charge is 2.39. The van der Waals surface area contributed by atoms with E-state index in [0.29, 0.717) is 22.8 Å². The molecular formula is C18H35NOS. The zero-order valence-corrected chi connectivity index (χ0v) is 15.5. The summed E-state index contributed by atoms with van der Waals surface area (Å²) in [5.74, 6) is 0.882. The fraction of sp³-hybridized carbons (Fsp3) is 1.00. The van der Waals surface area contributed by atoms with Crippen LogP contribution in [0.4, 0.5) is 0 Å². The molecule has 1 saturated heterocycles. The Morgan fingerprint density at radius 3 is 2.48 bits per heavy atom. The summed E-state index contributed by atoms with van der Waals surface area (Å²) >= 11 is 2.23. The van der Waals surface area contributed by atoms with E-state index in [1.165, 1.54) is 32.1 Å². The van der Waals surface area contributed by atoms with E-state index in [1.807, 2.05) is 0 Å². The monoisotopic (exact) mass is 313 g/mol. The van der Waals surface area contributed by atoms with Gasteiger partial charge in [0.05, 0.1) is 6.10 Å². The lowest BCUT2D eigenvalue weighted by Crippen LogP contribution is -2.46. The van der Waals surface area contributed by atoms with Gasteiger partial charge in [0.1, 0.15) is 0 Å². The van der Waals surface area contributed by atoms with Crippen molar-refractivity contribution < 1.29 is 4.74 Å². The fourth-order valence-electron chi connectivity index (χ4n) is 3.89. The van der Waals surface area contributed by atoms with E-state index < -0.39 is 0 Å². The van der Waals surface area contributed by atoms with Gasteiger partial charge in [0.25, 0.3) is 0 Å². The maximum absolute atomic E-state index is 5.78. The van der Waals surface area contributed by atoms with Crippen molar-refractivity contribution in [2.45, 2.75) is 89.4 Å². The molecule has 21 heavy (non-hydrogen) atoms. The maximum Gasteiger partial charge on any atom is 0.0666 e. The Labute approximate surface area is 136 Å². The van der Waals surface area contributed by atoms with E-state index in [2.05, 4.69) is 51.7 Å². The van der Waals surface area contributed by atoms with Crippen LogP contribution >= 0.6 is 11.8 Å². The van der Waals surface area contributed by atoms with E-state index in [1.54, 1.807) is 0 Å². The summed E-state index contributed by atoms with van der Waals surface area (Å²) in [4.78, 5) is 0. The van der Waals surface area contributed by atoms with E-state index in [-0.39, 0.29) is 0 Å². The second-order valence-electron chi connectivity index (χ2n) is 7.59. The average Bonchev–Trinajstić information content (AvgIpc) is 2.86. The number of nitrogens with one attached hydrogen (secondary N) is 1. The van der Waals surface area contributed by atoms with Crippen LogP contribution in [0.1, 0.15) is 66.7 Å². The average molecular weight is 314 g/mol. The Morgan fingerprint density at radius 2 is 1.90 bits per heavy atom. The summed E-state index contributed by atoms with van der Waals surface area (Å²) in [5.41, 5.74) is 0.494. The van der Waals surface area contributed by atoms with Gasteiger partial charge in [-0.15, -0.1) is 0 Å². The van der Waals surface area contributed by atoms with Crippen molar-refractivity contribution in [3.63, 3.8) is 0 Å². The largest absolute Gasteiger partial charge is 0.377 e. The third-order valence-corrected chi connectivity index (χ3v) is 7.77. The topological polar surface area (TPSA) is 21.3 Å². The fourth-order valence-corrected chi connectivity index (χ4v) is 5.64. The lowest BCUT2D eigenvalue weighted by atomic mass is 9.68. The Kier molecular flexibility index (Phi) is 6.46. The summed E-state index contributed by atoms with van der Waals surface area (Å²) in [6, 6.07) is 0.705. The summed E-state index contributed by atoms with van der Waals surface area (Å²) in [7, 11) is 0. The van der Waals surface area contributed by atoms with Crippen molar-refractivity contribution in [1.29, 1.82) is 0 Å². The molecule has 1 saturated carbocycles. The maximum atomic E-state index is 5.78. The molecule has 2 aliphatic rings. The van der Waals surface area contributed by atoms with Gasteiger partial charge in [0.15, 0.2) is 0 Å². The van der Waals surface area contributed by atoms with Crippen LogP contribution in [0.2, 0.25) is 0 Å². The van der Waals surface area contributed by atoms with Crippen LogP contribution in [-0.2, 0) is 4.74 Å². The number of thioether (sulfide) groups is 1. The first-order valence-electron chi connectivity index (χ1n) is 8.98. The van der Waals surface area contributed by atoms with Gasteiger partial charge in [-0.25, -0.2) is 0 Å². The van der Waals surface area contributed by atoms with Crippen molar-refractivity contribution >= 4 is 11.8 Å². The van der Waals surface area contributed by atoms with Gasteiger partial charge in [-0.05, 0) is 50.5 Å². The van der Waals surface area contributed by atoms with Gasteiger partial charge in [0.2, 0.25) is 0 Å². The highest BCUT2D eigenvalue weighted by molar-refractivity contribution is 8.00. The van der Waals surface area contributed by atoms with Crippen LogP contribution in [0.3, 0.4) is 0 Å². The predicted molar refractivity (Wildman–Crippen MR) is 94.1 cm³/mol. The van der Waals surface area contributed by atoms with Crippen molar-refractivity contribution in [2.75, 3.05) is 13.2 Å². The molecule has 1 aliphatic carbocycles. The lowest BCUT2D eigenvalue weighted by molar-refractivity contribution is 0.126. The van der Waals surface area contributed by atoms with Crippen LogP contribution in [0.25, 0.3) is 0 Å². The first kappa shape index (κ1) is 17.6. The van der Waals surface area contributed by atoms with Gasteiger partial charge >= 0.3 is 0 Å². The third kappa shape index (κ3) is 4.39.